The highest BCUT2D eigenvalue weighted by Crippen LogP contribution is 2.51. The number of hydrogen-bond acceptors (Lipinski definition) is 1. The number of fused-ring (bicyclic) bond motifs is 9. The molecule has 3 aromatic heterocycles. The molecule has 0 spiro atoms. The molecule has 12 rings (SSSR count). The SMILES string of the molecule is CC1(C)c2ccccc2-c2ccc(-n3c(-c4ccccc4)c(-c4ccccc4)c4ccc5c6cccc(-c7ccc(-c8cn9ccccc9n8)cc7)c6ccc5c43)cc21. The third-order valence-corrected chi connectivity index (χ3v) is 12.8. The first-order valence-electron chi connectivity index (χ1n) is 20.5. The van der Waals surface area contributed by atoms with Gasteiger partial charge in [0.15, 0.2) is 0 Å². The van der Waals surface area contributed by atoms with Crippen molar-refractivity contribution in [1.29, 1.82) is 0 Å². The minimum Gasteiger partial charge on any atom is -0.308 e. The fourth-order valence-corrected chi connectivity index (χ4v) is 9.95. The summed E-state index contributed by atoms with van der Waals surface area (Å²) in [5.74, 6) is 0. The summed E-state index contributed by atoms with van der Waals surface area (Å²) in [6, 6.07) is 69.1. The van der Waals surface area contributed by atoms with Crippen LogP contribution in [0.1, 0.15) is 25.0 Å². The molecule has 3 heterocycles. The summed E-state index contributed by atoms with van der Waals surface area (Å²) in [7, 11) is 0. The van der Waals surface area contributed by atoms with Gasteiger partial charge in [0, 0.05) is 45.4 Å². The molecule has 3 nitrogen and oxygen atoms in total. The third kappa shape index (κ3) is 5.04. The van der Waals surface area contributed by atoms with Crippen molar-refractivity contribution in [1.82, 2.24) is 14.0 Å². The Balaban J connectivity index is 1.10. The molecule has 0 N–H and O–H groups in total. The summed E-state index contributed by atoms with van der Waals surface area (Å²) in [4.78, 5) is 4.86. The summed E-state index contributed by atoms with van der Waals surface area (Å²) < 4.78 is 4.63. The lowest BCUT2D eigenvalue weighted by atomic mass is 9.82. The molecule has 0 saturated heterocycles. The van der Waals surface area contributed by atoms with Gasteiger partial charge in [-0.1, -0.05) is 178 Å². The summed E-state index contributed by atoms with van der Waals surface area (Å²) in [6.45, 7) is 4.74. The number of aromatic nitrogens is 3. The van der Waals surface area contributed by atoms with Crippen LogP contribution in [0, 0.1) is 0 Å². The first-order chi connectivity index (χ1) is 29.0. The van der Waals surface area contributed by atoms with Crippen LogP contribution in [0.5, 0.6) is 0 Å². The van der Waals surface area contributed by atoms with Crippen molar-refractivity contribution in [2.75, 3.05) is 0 Å². The maximum atomic E-state index is 4.86. The predicted octanol–water partition coefficient (Wildman–Crippen LogP) is 14.6. The first kappa shape index (κ1) is 33.6. The van der Waals surface area contributed by atoms with E-state index in [1.807, 2.05) is 24.4 Å². The number of hydrogen-bond donors (Lipinski definition) is 0. The highest BCUT2D eigenvalue weighted by atomic mass is 15.0. The molecule has 0 bridgehead atoms. The van der Waals surface area contributed by atoms with Crippen LogP contribution in [0.15, 0.2) is 200 Å². The monoisotopic (exact) mass is 753 g/mol. The standard InChI is InChI=1S/C56H39N3/c1-56(2)49-21-10-9-18-45(49)46-28-27-40(34-50(46)56)59-54(39-16-7-4-8-17-39)53(38-14-5-3-6-15-38)48-32-30-44-42-20-13-19-41(43(42)29-31-47(44)55(48)59)36-23-25-37(26-24-36)51-35-58-33-12-11-22-52(58)57-51/h3-35H,1-2H3. The molecule has 0 saturated carbocycles. The van der Waals surface area contributed by atoms with Crippen LogP contribution >= 0.6 is 0 Å². The van der Waals surface area contributed by atoms with Crippen LogP contribution in [-0.2, 0) is 5.41 Å². The fourth-order valence-electron chi connectivity index (χ4n) is 9.95. The van der Waals surface area contributed by atoms with E-state index >= 15 is 0 Å². The van der Waals surface area contributed by atoms with Gasteiger partial charge in [-0.15, -0.1) is 0 Å². The Morgan fingerprint density at radius 2 is 1.08 bits per heavy atom. The van der Waals surface area contributed by atoms with E-state index < -0.39 is 0 Å². The number of nitrogens with zero attached hydrogens (tertiary/aromatic N) is 3. The first-order valence-corrected chi connectivity index (χ1v) is 20.5. The van der Waals surface area contributed by atoms with Crippen LogP contribution < -0.4 is 0 Å². The number of pyridine rings is 1. The van der Waals surface area contributed by atoms with Gasteiger partial charge in [0.25, 0.3) is 0 Å². The van der Waals surface area contributed by atoms with E-state index in [1.54, 1.807) is 0 Å². The van der Waals surface area contributed by atoms with Crippen LogP contribution in [-0.4, -0.2) is 14.0 Å². The molecule has 1 aliphatic carbocycles. The molecule has 0 unspecified atom stereocenters. The van der Waals surface area contributed by atoms with E-state index in [2.05, 4.69) is 199 Å². The molecule has 0 amide bonds. The van der Waals surface area contributed by atoms with E-state index in [9.17, 15) is 0 Å². The van der Waals surface area contributed by atoms with E-state index in [0.29, 0.717) is 0 Å². The number of imidazole rings is 1. The minimum absolute atomic E-state index is 0.125. The third-order valence-electron chi connectivity index (χ3n) is 12.8. The van der Waals surface area contributed by atoms with E-state index in [4.69, 9.17) is 4.98 Å². The van der Waals surface area contributed by atoms with Gasteiger partial charge in [-0.2, -0.15) is 0 Å². The lowest BCUT2D eigenvalue weighted by Gasteiger charge is -2.23. The fraction of sp³-hybridized carbons (Fsp3) is 0.0536. The van der Waals surface area contributed by atoms with Crippen molar-refractivity contribution < 1.29 is 0 Å². The smallest absolute Gasteiger partial charge is 0.137 e. The maximum absolute atomic E-state index is 4.86. The Morgan fingerprint density at radius 3 is 1.90 bits per heavy atom. The zero-order valence-electron chi connectivity index (χ0n) is 32.9. The van der Waals surface area contributed by atoms with E-state index in [1.165, 1.54) is 93.9 Å². The Kier molecular flexibility index (Phi) is 7.27. The van der Waals surface area contributed by atoms with Crippen LogP contribution in [0.4, 0.5) is 0 Å². The summed E-state index contributed by atoms with van der Waals surface area (Å²) in [5, 5.41) is 6.19. The number of rotatable bonds is 5. The second-order valence-electron chi connectivity index (χ2n) is 16.4. The largest absolute Gasteiger partial charge is 0.308 e. The van der Waals surface area contributed by atoms with Crippen molar-refractivity contribution in [2.45, 2.75) is 19.3 Å². The van der Waals surface area contributed by atoms with Gasteiger partial charge < -0.3 is 8.97 Å². The van der Waals surface area contributed by atoms with Gasteiger partial charge in [0.2, 0.25) is 0 Å². The van der Waals surface area contributed by atoms with Crippen LogP contribution in [0.25, 0.3) is 99.7 Å². The molecule has 11 aromatic rings. The molecule has 1 aliphatic rings. The van der Waals surface area contributed by atoms with Crippen LogP contribution in [0.3, 0.4) is 0 Å². The highest BCUT2D eigenvalue weighted by Gasteiger charge is 2.36. The summed E-state index contributed by atoms with van der Waals surface area (Å²) in [5.41, 5.74) is 17.9. The molecule has 8 aromatic carbocycles. The van der Waals surface area contributed by atoms with Crippen molar-refractivity contribution in [3.05, 3.63) is 212 Å². The highest BCUT2D eigenvalue weighted by molar-refractivity contribution is 6.22. The molecule has 278 valence electrons. The quantitative estimate of drug-likeness (QED) is 0.160. The zero-order valence-corrected chi connectivity index (χ0v) is 32.9. The Bertz CT molecular complexity index is 3410. The second kappa shape index (κ2) is 12.8. The van der Waals surface area contributed by atoms with E-state index in [-0.39, 0.29) is 5.41 Å². The minimum atomic E-state index is -0.125. The van der Waals surface area contributed by atoms with Gasteiger partial charge in [-0.3, -0.25) is 0 Å². The van der Waals surface area contributed by atoms with Gasteiger partial charge in [-0.25, -0.2) is 4.98 Å². The van der Waals surface area contributed by atoms with Crippen LogP contribution in [0.2, 0.25) is 0 Å². The number of benzene rings is 8. The molecule has 0 fully saturated rings. The predicted molar refractivity (Wildman–Crippen MR) is 246 cm³/mol. The summed E-state index contributed by atoms with van der Waals surface area (Å²) >= 11 is 0. The Labute approximate surface area is 343 Å². The topological polar surface area (TPSA) is 22.2 Å². The Morgan fingerprint density at radius 1 is 0.441 bits per heavy atom. The van der Waals surface area contributed by atoms with Gasteiger partial charge in [-0.05, 0) is 84.9 Å². The lowest BCUT2D eigenvalue weighted by molar-refractivity contribution is 0.660. The zero-order chi connectivity index (χ0) is 39.2. The van der Waals surface area contributed by atoms with Crippen molar-refractivity contribution in [3.8, 4) is 61.6 Å². The van der Waals surface area contributed by atoms with Crippen molar-refractivity contribution >= 4 is 38.1 Å². The molecule has 3 heteroatoms. The second-order valence-corrected chi connectivity index (χ2v) is 16.4. The molecule has 0 aliphatic heterocycles. The lowest BCUT2D eigenvalue weighted by Crippen LogP contribution is -2.15. The normalized spacial score (nSPS) is 13.1. The average molecular weight is 754 g/mol. The molecular weight excluding hydrogens is 715 g/mol. The van der Waals surface area contributed by atoms with Gasteiger partial charge in [0.05, 0.1) is 16.9 Å². The molecule has 59 heavy (non-hydrogen) atoms. The van der Waals surface area contributed by atoms with Crippen molar-refractivity contribution in [3.63, 3.8) is 0 Å². The van der Waals surface area contributed by atoms with Gasteiger partial charge in [0.1, 0.15) is 5.65 Å². The average Bonchev–Trinajstić information content (AvgIpc) is 3.95. The molecule has 0 radical (unpaired) electrons. The molecular formula is C56H39N3. The van der Waals surface area contributed by atoms with E-state index in [0.717, 1.165) is 16.9 Å². The Hall–Kier alpha value is -7.49. The summed E-state index contributed by atoms with van der Waals surface area (Å²) in [6.07, 6.45) is 4.14. The molecule has 0 atom stereocenters. The maximum Gasteiger partial charge on any atom is 0.137 e. The van der Waals surface area contributed by atoms with Crippen molar-refractivity contribution in [2.24, 2.45) is 0 Å². The van der Waals surface area contributed by atoms with Gasteiger partial charge >= 0.3 is 0 Å².